The molecule has 6 heteroatoms. The highest BCUT2D eigenvalue weighted by Gasteiger charge is 2.41. The number of benzene rings is 4. The van der Waals surface area contributed by atoms with E-state index in [1.54, 1.807) is 0 Å². The number of amides is 2. The maximum atomic E-state index is 13.3. The molecule has 6 rings (SSSR count). The molecule has 43 heavy (non-hydrogen) atoms. The van der Waals surface area contributed by atoms with Crippen molar-refractivity contribution in [2.24, 2.45) is 5.92 Å². The van der Waals surface area contributed by atoms with Crippen LogP contribution in [0.3, 0.4) is 0 Å². The zero-order chi connectivity index (χ0) is 30.0. The number of rotatable bonds is 9. The Hall–Kier alpha value is -4.32. The predicted octanol–water partition coefficient (Wildman–Crippen LogP) is 7.98. The Bertz CT molecular complexity index is 1570. The lowest BCUT2D eigenvalue weighted by atomic mass is 9.97. The molecule has 0 radical (unpaired) electrons. The molecule has 3 atom stereocenters. The maximum Gasteiger partial charge on any atom is 0.407 e. The SMILES string of the molecule is CC(C)(C)OC(=O)N[C@H]1C[C@H]1C[C@@H](CCc1cccc2ccccc12)NC(=O)OCC1c2ccccc2-c2ccccc21. The van der Waals surface area contributed by atoms with Crippen LogP contribution < -0.4 is 10.6 Å². The van der Waals surface area contributed by atoms with Crippen LogP contribution in [0.5, 0.6) is 0 Å². The molecule has 222 valence electrons. The molecule has 2 N–H and O–H groups in total. The first-order chi connectivity index (χ1) is 20.7. The van der Waals surface area contributed by atoms with Gasteiger partial charge in [0.25, 0.3) is 0 Å². The maximum absolute atomic E-state index is 13.3. The molecule has 0 aromatic heterocycles. The average Bonchev–Trinajstić information content (AvgIpc) is 3.62. The van der Waals surface area contributed by atoms with E-state index in [1.165, 1.54) is 38.6 Å². The number of carbonyl (C=O) groups is 2. The topological polar surface area (TPSA) is 76.7 Å². The van der Waals surface area contributed by atoms with Crippen LogP contribution in [-0.4, -0.2) is 36.5 Å². The van der Waals surface area contributed by atoms with Crippen LogP contribution in [0.15, 0.2) is 91.0 Å². The van der Waals surface area contributed by atoms with Gasteiger partial charge in [-0.05, 0) is 91.0 Å². The van der Waals surface area contributed by atoms with Gasteiger partial charge in [-0.1, -0.05) is 91.0 Å². The number of hydrogen-bond donors (Lipinski definition) is 2. The van der Waals surface area contributed by atoms with E-state index < -0.39 is 17.8 Å². The molecule has 0 saturated heterocycles. The molecule has 1 saturated carbocycles. The number of hydrogen-bond acceptors (Lipinski definition) is 4. The first-order valence-electron chi connectivity index (χ1n) is 15.3. The Labute approximate surface area is 253 Å². The van der Waals surface area contributed by atoms with Crippen molar-refractivity contribution in [3.8, 4) is 11.1 Å². The summed E-state index contributed by atoms with van der Waals surface area (Å²) in [6.07, 6.45) is 2.44. The van der Waals surface area contributed by atoms with E-state index >= 15 is 0 Å². The number of aryl methyl sites for hydroxylation is 1. The standard InChI is InChI=1S/C37H40N2O4/c1-37(2,3)43-36(41)39-34-22-26(34)21-27(20-19-25-13-10-12-24-11-4-5-14-28(24)25)38-35(40)42-23-33-31-17-8-6-15-29(31)30-16-7-9-18-32(30)33/h4-18,26-27,33-34H,19-23H2,1-3H3,(H,38,40)(H,39,41)/t26-,27-,34+/m1/s1. The van der Waals surface area contributed by atoms with Gasteiger partial charge in [0.2, 0.25) is 0 Å². The summed E-state index contributed by atoms with van der Waals surface area (Å²) < 4.78 is 11.3. The summed E-state index contributed by atoms with van der Waals surface area (Å²) in [6.45, 7) is 5.86. The zero-order valence-corrected chi connectivity index (χ0v) is 25.1. The van der Waals surface area contributed by atoms with Gasteiger partial charge in [0.15, 0.2) is 0 Å². The van der Waals surface area contributed by atoms with Crippen molar-refractivity contribution < 1.29 is 19.1 Å². The minimum absolute atomic E-state index is 0.0122. The lowest BCUT2D eigenvalue weighted by Crippen LogP contribution is -2.38. The molecule has 2 amide bonds. The third-order valence-corrected chi connectivity index (χ3v) is 8.52. The summed E-state index contributed by atoms with van der Waals surface area (Å²) >= 11 is 0. The van der Waals surface area contributed by atoms with Gasteiger partial charge in [-0.15, -0.1) is 0 Å². The van der Waals surface area contributed by atoms with Gasteiger partial charge in [-0.25, -0.2) is 9.59 Å². The van der Waals surface area contributed by atoms with E-state index in [2.05, 4.69) is 89.5 Å². The van der Waals surface area contributed by atoms with Crippen LogP contribution in [-0.2, 0) is 15.9 Å². The molecule has 2 aliphatic carbocycles. The van der Waals surface area contributed by atoms with Gasteiger partial charge in [0.05, 0.1) is 0 Å². The van der Waals surface area contributed by atoms with Crippen LogP contribution in [0.25, 0.3) is 21.9 Å². The molecule has 0 heterocycles. The molecule has 4 aromatic rings. The Balaban J connectivity index is 1.11. The van der Waals surface area contributed by atoms with E-state index in [-0.39, 0.29) is 30.5 Å². The molecule has 4 aromatic carbocycles. The minimum Gasteiger partial charge on any atom is -0.449 e. The summed E-state index contributed by atoms with van der Waals surface area (Å²) in [4.78, 5) is 25.6. The van der Waals surface area contributed by atoms with Crippen molar-refractivity contribution >= 4 is 23.0 Å². The first-order valence-corrected chi connectivity index (χ1v) is 15.3. The highest BCUT2D eigenvalue weighted by atomic mass is 16.6. The minimum atomic E-state index is -0.541. The number of carbonyl (C=O) groups excluding carboxylic acids is 2. The van der Waals surface area contributed by atoms with Crippen LogP contribution in [0, 0.1) is 5.92 Å². The second-order valence-corrected chi connectivity index (χ2v) is 12.8. The highest BCUT2D eigenvalue weighted by Crippen LogP contribution is 2.44. The molecule has 0 spiro atoms. The second kappa shape index (κ2) is 12.1. The number of alkyl carbamates (subject to hydrolysis) is 2. The quantitative estimate of drug-likeness (QED) is 0.212. The molecule has 0 unspecified atom stereocenters. The van der Waals surface area contributed by atoms with Gasteiger partial charge < -0.3 is 20.1 Å². The van der Waals surface area contributed by atoms with Crippen LogP contribution in [0.4, 0.5) is 9.59 Å². The lowest BCUT2D eigenvalue weighted by Gasteiger charge is -2.21. The van der Waals surface area contributed by atoms with Crippen molar-refractivity contribution in [3.05, 3.63) is 108 Å². The Morgan fingerprint density at radius 3 is 2.21 bits per heavy atom. The Morgan fingerprint density at radius 1 is 0.837 bits per heavy atom. The highest BCUT2D eigenvalue weighted by molar-refractivity contribution is 5.85. The fourth-order valence-corrected chi connectivity index (χ4v) is 6.41. The van der Waals surface area contributed by atoms with Crippen LogP contribution >= 0.6 is 0 Å². The number of nitrogens with one attached hydrogen (secondary N) is 2. The van der Waals surface area contributed by atoms with E-state index in [9.17, 15) is 9.59 Å². The number of ether oxygens (including phenoxy) is 2. The Kier molecular flexibility index (Phi) is 8.11. The zero-order valence-electron chi connectivity index (χ0n) is 25.1. The molecule has 6 nitrogen and oxygen atoms in total. The third-order valence-electron chi connectivity index (χ3n) is 8.52. The van der Waals surface area contributed by atoms with Gasteiger partial charge in [0, 0.05) is 18.0 Å². The van der Waals surface area contributed by atoms with Crippen molar-refractivity contribution in [3.63, 3.8) is 0 Å². The molecular formula is C37H40N2O4. The Morgan fingerprint density at radius 2 is 1.49 bits per heavy atom. The first kappa shape index (κ1) is 28.8. The van der Waals surface area contributed by atoms with Crippen molar-refractivity contribution in [2.45, 2.75) is 70.1 Å². The summed E-state index contributed by atoms with van der Waals surface area (Å²) in [5.74, 6) is 0.289. The van der Waals surface area contributed by atoms with Gasteiger partial charge >= 0.3 is 12.2 Å². The van der Waals surface area contributed by atoms with Gasteiger partial charge in [-0.2, -0.15) is 0 Å². The summed E-state index contributed by atoms with van der Waals surface area (Å²) in [5, 5.41) is 8.63. The third kappa shape index (κ3) is 6.85. The normalized spacial score (nSPS) is 17.9. The average molecular weight is 577 g/mol. The van der Waals surface area contributed by atoms with Crippen molar-refractivity contribution in [2.75, 3.05) is 6.61 Å². The van der Waals surface area contributed by atoms with Crippen LogP contribution in [0.1, 0.15) is 62.6 Å². The van der Waals surface area contributed by atoms with E-state index in [4.69, 9.17) is 9.47 Å². The molecule has 0 bridgehead atoms. The number of fused-ring (bicyclic) bond motifs is 4. The molecule has 1 fully saturated rings. The fourth-order valence-electron chi connectivity index (χ4n) is 6.41. The fraction of sp³-hybridized carbons (Fsp3) is 0.351. The predicted molar refractivity (Wildman–Crippen MR) is 170 cm³/mol. The monoisotopic (exact) mass is 576 g/mol. The summed E-state index contributed by atoms with van der Waals surface area (Å²) in [6, 6.07) is 31.4. The van der Waals surface area contributed by atoms with E-state index in [0.717, 1.165) is 25.7 Å². The summed E-state index contributed by atoms with van der Waals surface area (Å²) in [7, 11) is 0. The van der Waals surface area contributed by atoms with Crippen molar-refractivity contribution in [1.82, 2.24) is 10.6 Å². The summed E-state index contributed by atoms with van der Waals surface area (Å²) in [5.41, 5.74) is 5.52. The van der Waals surface area contributed by atoms with E-state index in [1.807, 2.05) is 32.9 Å². The van der Waals surface area contributed by atoms with Gasteiger partial charge in [0.1, 0.15) is 12.2 Å². The second-order valence-electron chi connectivity index (χ2n) is 12.8. The molecule has 2 aliphatic rings. The van der Waals surface area contributed by atoms with Crippen LogP contribution in [0.2, 0.25) is 0 Å². The largest absolute Gasteiger partial charge is 0.449 e. The smallest absolute Gasteiger partial charge is 0.407 e. The van der Waals surface area contributed by atoms with Gasteiger partial charge in [-0.3, -0.25) is 0 Å². The molecular weight excluding hydrogens is 536 g/mol. The molecule has 0 aliphatic heterocycles. The van der Waals surface area contributed by atoms with Crippen molar-refractivity contribution in [1.29, 1.82) is 0 Å². The lowest BCUT2D eigenvalue weighted by molar-refractivity contribution is 0.0520. The van der Waals surface area contributed by atoms with E-state index in [0.29, 0.717) is 0 Å².